The average Bonchev–Trinajstić information content (AvgIpc) is 2.90. The summed E-state index contributed by atoms with van der Waals surface area (Å²) in [5, 5.41) is 8.19. The van der Waals surface area contributed by atoms with Gasteiger partial charge in [0, 0.05) is 25.6 Å². The molecule has 7 heteroatoms. The van der Waals surface area contributed by atoms with Gasteiger partial charge in [-0.15, -0.1) is 0 Å². The Hall–Kier alpha value is -1.86. The number of aliphatic hydroxyl groups is 1. The van der Waals surface area contributed by atoms with Crippen molar-refractivity contribution in [3.05, 3.63) is 30.3 Å². The number of hydrogen-bond acceptors (Lipinski definition) is 5. The molecule has 1 aromatic carbocycles. The van der Waals surface area contributed by atoms with E-state index in [9.17, 15) is 19.5 Å². The van der Waals surface area contributed by atoms with Gasteiger partial charge in [0.25, 0.3) is 5.24 Å². The molecular formula is C18H22N2O4S. The molecule has 6 nitrogen and oxygen atoms in total. The third kappa shape index (κ3) is 3.88. The zero-order valence-corrected chi connectivity index (χ0v) is 14.8. The van der Waals surface area contributed by atoms with Gasteiger partial charge in [-0.1, -0.05) is 18.2 Å². The zero-order valence-electron chi connectivity index (χ0n) is 14.0. The lowest BCUT2D eigenvalue weighted by molar-refractivity contribution is -0.136. The van der Waals surface area contributed by atoms with Gasteiger partial charge in [0.15, 0.2) is 0 Å². The van der Waals surface area contributed by atoms with Gasteiger partial charge in [0.05, 0.1) is 5.69 Å². The minimum atomic E-state index is -0.670. The Bertz CT molecular complexity index is 650. The van der Waals surface area contributed by atoms with Crippen LogP contribution in [0, 0.1) is 0 Å². The van der Waals surface area contributed by atoms with Crippen molar-refractivity contribution in [3.63, 3.8) is 0 Å². The van der Waals surface area contributed by atoms with Gasteiger partial charge in [-0.3, -0.25) is 14.4 Å². The van der Waals surface area contributed by atoms with E-state index in [1.54, 1.807) is 29.2 Å². The molecule has 3 amide bonds. The molecule has 3 rings (SSSR count). The molecule has 0 aromatic heterocycles. The number of imide groups is 1. The molecule has 1 N–H and O–H groups in total. The predicted octanol–water partition coefficient (Wildman–Crippen LogP) is 2.41. The van der Waals surface area contributed by atoms with Gasteiger partial charge >= 0.3 is 0 Å². The number of anilines is 1. The Morgan fingerprint density at radius 3 is 2.68 bits per heavy atom. The van der Waals surface area contributed by atoms with E-state index in [-0.39, 0.29) is 36.1 Å². The molecule has 0 saturated carbocycles. The third-order valence-corrected chi connectivity index (χ3v) is 5.74. The fourth-order valence-electron chi connectivity index (χ4n) is 3.45. The van der Waals surface area contributed by atoms with E-state index in [0.29, 0.717) is 18.7 Å². The number of benzene rings is 1. The Kier molecular flexibility index (Phi) is 5.75. The van der Waals surface area contributed by atoms with Gasteiger partial charge in [-0.2, -0.15) is 0 Å². The fraction of sp³-hybridized carbons (Fsp3) is 0.500. The van der Waals surface area contributed by atoms with Crippen molar-refractivity contribution in [2.75, 3.05) is 18.1 Å². The van der Waals surface area contributed by atoms with E-state index in [2.05, 4.69) is 0 Å². The van der Waals surface area contributed by atoms with Crippen LogP contribution in [0.2, 0.25) is 0 Å². The molecule has 0 aliphatic carbocycles. The van der Waals surface area contributed by atoms with E-state index in [1.807, 2.05) is 6.07 Å². The second-order valence-electron chi connectivity index (χ2n) is 6.33. The summed E-state index contributed by atoms with van der Waals surface area (Å²) in [6.07, 6.45) is 3.46. The van der Waals surface area contributed by atoms with Gasteiger partial charge in [0.2, 0.25) is 11.8 Å². The first kappa shape index (κ1) is 17.9. The number of hydrogen-bond donors (Lipinski definition) is 1. The molecule has 2 saturated heterocycles. The molecule has 0 radical (unpaired) electrons. The van der Waals surface area contributed by atoms with Crippen LogP contribution in [0.15, 0.2) is 30.3 Å². The standard InChI is InChI=1S/C18H22N2O4S/c21-11-9-13-6-4-5-10-19(13)16(22)12-15-17(23)20(18(24)25-15)14-7-2-1-3-8-14/h1-3,7-8,13,15,21H,4-6,9-12H2. The number of rotatable bonds is 5. The smallest absolute Gasteiger partial charge is 0.293 e. The molecule has 2 unspecified atom stereocenters. The van der Waals surface area contributed by atoms with E-state index in [4.69, 9.17) is 0 Å². The maximum atomic E-state index is 12.7. The molecule has 25 heavy (non-hydrogen) atoms. The third-order valence-electron chi connectivity index (χ3n) is 4.71. The Balaban J connectivity index is 1.67. The number of carbonyl (C=O) groups excluding carboxylic acids is 3. The number of carbonyl (C=O) groups is 3. The van der Waals surface area contributed by atoms with Crippen LogP contribution in [0.25, 0.3) is 0 Å². The molecule has 134 valence electrons. The first-order valence-corrected chi connectivity index (χ1v) is 9.49. The number of nitrogens with zero attached hydrogens (tertiary/aromatic N) is 2. The lowest BCUT2D eigenvalue weighted by Gasteiger charge is -2.36. The van der Waals surface area contributed by atoms with Crippen molar-refractivity contribution in [2.24, 2.45) is 0 Å². The number of likely N-dealkylation sites (tertiary alicyclic amines) is 1. The molecule has 2 fully saturated rings. The quantitative estimate of drug-likeness (QED) is 0.870. The van der Waals surface area contributed by atoms with Crippen LogP contribution in [-0.2, 0) is 9.59 Å². The molecule has 0 bridgehead atoms. The van der Waals surface area contributed by atoms with Crippen LogP contribution < -0.4 is 4.90 Å². The number of para-hydroxylation sites is 1. The first-order chi connectivity index (χ1) is 12.1. The minimum absolute atomic E-state index is 0.0283. The monoisotopic (exact) mass is 362 g/mol. The number of amides is 3. The summed E-state index contributed by atoms with van der Waals surface area (Å²) in [6, 6.07) is 8.82. The lowest BCUT2D eigenvalue weighted by Crippen LogP contribution is -2.45. The van der Waals surface area contributed by atoms with E-state index in [1.165, 1.54) is 0 Å². The van der Waals surface area contributed by atoms with Crippen molar-refractivity contribution in [1.82, 2.24) is 4.90 Å². The van der Waals surface area contributed by atoms with E-state index >= 15 is 0 Å². The molecule has 2 heterocycles. The Morgan fingerprint density at radius 2 is 1.96 bits per heavy atom. The first-order valence-electron chi connectivity index (χ1n) is 8.61. The predicted molar refractivity (Wildman–Crippen MR) is 96.4 cm³/mol. The highest BCUT2D eigenvalue weighted by Crippen LogP contribution is 2.34. The topological polar surface area (TPSA) is 77.9 Å². The normalized spacial score (nSPS) is 24.0. The van der Waals surface area contributed by atoms with E-state index < -0.39 is 5.25 Å². The van der Waals surface area contributed by atoms with E-state index in [0.717, 1.165) is 35.9 Å². The number of thioether (sulfide) groups is 1. The molecule has 0 spiro atoms. The zero-order chi connectivity index (χ0) is 17.8. The van der Waals surface area contributed by atoms with Crippen LogP contribution in [-0.4, -0.2) is 51.5 Å². The lowest BCUT2D eigenvalue weighted by atomic mass is 9.99. The van der Waals surface area contributed by atoms with Crippen LogP contribution in [0.3, 0.4) is 0 Å². The number of aliphatic hydroxyl groups excluding tert-OH is 1. The highest BCUT2D eigenvalue weighted by atomic mass is 32.2. The summed E-state index contributed by atoms with van der Waals surface area (Å²) < 4.78 is 0. The average molecular weight is 362 g/mol. The summed E-state index contributed by atoms with van der Waals surface area (Å²) in [4.78, 5) is 40.5. The summed E-state index contributed by atoms with van der Waals surface area (Å²) in [5.74, 6) is -0.433. The van der Waals surface area contributed by atoms with Gasteiger partial charge < -0.3 is 10.0 Å². The maximum absolute atomic E-state index is 12.7. The molecular weight excluding hydrogens is 340 g/mol. The second kappa shape index (κ2) is 8.01. The minimum Gasteiger partial charge on any atom is -0.396 e. The van der Waals surface area contributed by atoms with Crippen LogP contribution in [0.1, 0.15) is 32.1 Å². The second-order valence-corrected chi connectivity index (χ2v) is 7.49. The van der Waals surface area contributed by atoms with Crippen LogP contribution in [0.5, 0.6) is 0 Å². The van der Waals surface area contributed by atoms with Crippen molar-refractivity contribution < 1.29 is 19.5 Å². The molecule has 2 atom stereocenters. The van der Waals surface area contributed by atoms with Crippen molar-refractivity contribution in [1.29, 1.82) is 0 Å². The molecule has 2 aliphatic heterocycles. The van der Waals surface area contributed by atoms with Crippen molar-refractivity contribution >= 4 is 34.5 Å². The van der Waals surface area contributed by atoms with Gasteiger partial charge in [-0.05, 0) is 49.6 Å². The summed E-state index contributed by atoms with van der Waals surface area (Å²) in [6.45, 7) is 0.706. The Morgan fingerprint density at radius 1 is 1.20 bits per heavy atom. The SMILES string of the molecule is O=C1SC(CC(=O)N2CCCCC2CCO)C(=O)N1c1ccccc1. The highest BCUT2D eigenvalue weighted by Gasteiger charge is 2.42. The van der Waals surface area contributed by atoms with Gasteiger partial charge in [0.1, 0.15) is 5.25 Å². The highest BCUT2D eigenvalue weighted by molar-refractivity contribution is 8.15. The Labute approximate surface area is 151 Å². The number of piperidine rings is 1. The molecule has 2 aliphatic rings. The van der Waals surface area contributed by atoms with Crippen molar-refractivity contribution in [3.8, 4) is 0 Å². The van der Waals surface area contributed by atoms with Crippen LogP contribution in [0.4, 0.5) is 10.5 Å². The van der Waals surface area contributed by atoms with Crippen LogP contribution >= 0.6 is 11.8 Å². The maximum Gasteiger partial charge on any atom is 0.293 e. The fourth-order valence-corrected chi connectivity index (χ4v) is 4.43. The summed E-state index contributed by atoms with van der Waals surface area (Å²) >= 11 is 0.924. The van der Waals surface area contributed by atoms with Gasteiger partial charge in [-0.25, -0.2) is 4.90 Å². The largest absolute Gasteiger partial charge is 0.396 e. The summed E-state index contributed by atoms with van der Waals surface area (Å²) in [5.41, 5.74) is 0.538. The summed E-state index contributed by atoms with van der Waals surface area (Å²) in [7, 11) is 0. The molecule has 1 aromatic rings. The van der Waals surface area contributed by atoms with Crippen molar-refractivity contribution in [2.45, 2.75) is 43.4 Å².